The first-order chi connectivity index (χ1) is 9.29. The van der Waals surface area contributed by atoms with Crippen LogP contribution < -0.4 is 5.43 Å². The highest BCUT2D eigenvalue weighted by molar-refractivity contribution is 5.82. The summed E-state index contributed by atoms with van der Waals surface area (Å²) in [5.74, 6) is 0. The molecule has 0 aliphatic heterocycles. The van der Waals surface area contributed by atoms with E-state index in [1.807, 2.05) is 42.5 Å². The van der Waals surface area contributed by atoms with Crippen molar-refractivity contribution in [3.05, 3.63) is 60.2 Å². The van der Waals surface area contributed by atoms with Crippen LogP contribution in [-0.2, 0) is 4.74 Å². The Morgan fingerprint density at radius 3 is 2.32 bits per heavy atom. The van der Waals surface area contributed by atoms with Crippen LogP contribution in [0.5, 0.6) is 0 Å². The van der Waals surface area contributed by atoms with Crippen LogP contribution >= 0.6 is 0 Å². The maximum atomic E-state index is 10.8. The molecule has 4 heteroatoms. The summed E-state index contributed by atoms with van der Waals surface area (Å²) in [6, 6.07) is 18.0. The number of carbonyl (C=O) groups is 1. The second-order valence-corrected chi connectivity index (χ2v) is 3.85. The van der Waals surface area contributed by atoms with Crippen molar-refractivity contribution in [3.63, 3.8) is 0 Å². The van der Waals surface area contributed by atoms with Gasteiger partial charge in [-0.15, -0.1) is 0 Å². The molecule has 2 aromatic carbocycles. The predicted octanol–water partition coefficient (Wildman–Crippen LogP) is 3.04. The van der Waals surface area contributed by atoms with Crippen molar-refractivity contribution in [1.82, 2.24) is 5.43 Å². The van der Waals surface area contributed by atoms with Gasteiger partial charge < -0.3 is 4.74 Å². The Morgan fingerprint density at radius 1 is 1.05 bits per heavy atom. The van der Waals surface area contributed by atoms with E-state index in [4.69, 9.17) is 0 Å². The topological polar surface area (TPSA) is 50.7 Å². The van der Waals surface area contributed by atoms with Gasteiger partial charge in [0.15, 0.2) is 0 Å². The number of rotatable bonds is 3. The molecule has 2 aromatic rings. The molecule has 0 saturated carbocycles. The zero-order chi connectivity index (χ0) is 13.5. The first-order valence-corrected chi connectivity index (χ1v) is 5.82. The molecule has 0 atom stereocenters. The van der Waals surface area contributed by atoms with Crippen molar-refractivity contribution in [3.8, 4) is 11.1 Å². The molecule has 1 amide bonds. The number of nitrogens with zero attached hydrogens (tertiary/aromatic N) is 1. The average molecular weight is 254 g/mol. The predicted molar refractivity (Wildman–Crippen MR) is 75.0 cm³/mol. The fraction of sp³-hybridized carbons (Fsp3) is 0.0667. The number of benzene rings is 2. The van der Waals surface area contributed by atoms with Crippen molar-refractivity contribution < 1.29 is 9.53 Å². The van der Waals surface area contributed by atoms with Crippen molar-refractivity contribution in [2.75, 3.05) is 7.11 Å². The number of nitrogens with one attached hydrogen (secondary N) is 1. The van der Waals surface area contributed by atoms with Crippen molar-refractivity contribution in [2.24, 2.45) is 5.10 Å². The SMILES string of the molecule is COC(=O)NN=Cc1ccc(-c2ccccc2)cc1. The number of ether oxygens (including phenoxy) is 1. The molecule has 96 valence electrons. The normalized spacial score (nSPS) is 10.4. The van der Waals surface area contributed by atoms with Gasteiger partial charge in [0.05, 0.1) is 13.3 Å². The Hall–Kier alpha value is -2.62. The van der Waals surface area contributed by atoms with Crippen LogP contribution in [0.4, 0.5) is 4.79 Å². The van der Waals surface area contributed by atoms with Gasteiger partial charge >= 0.3 is 6.09 Å². The fourth-order valence-corrected chi connectivity index (χ4v) is 1.60. The highest BCUT2D eigenvalue weighted by atomic mass is 16.5. The van der Waals surface area contributed by atoms with Crippen LogP contribution in [0.3, 0.4) is 0 Å². The molecule has 2 rings (SSSR count). The molecule has 0 fully saturated rings. The number of methoxy groups -OCH3 is 1. The first-order valence-electron chi connectivity index (χ1n) is 5.82. The van der Waals surface area contributed by atoms with Crippen LogP contribution in [0.15, 0.2) is 59.7 Å². The van der Waals surface area contributed by atoms with Gasteiger partial charge in [0.2, 0.25) is 0 Å². The molecule has 19 heavy (non-hydrogen) atoms. The smallest absolute Gasteiger partial charge is 0.427 e. The highest BCUT2D eigenvalue weighted by Crippen LogP contribution is 2.18. The Morgan fingerprint density at radius 2 is 1.68 bits per heavy atom. The van der Waals surface area contributed by atoms with Crippen molar-refractivity contribution in [2.45, 2.75) is 0 Å². The Labute approximate surface area is 111 Å². The highest BCUT2D eigenvalue weighted by Gasteiger charge is 1.96. The standard InChI is InChI=1S/C15H14N2O2/c1-19-15(18)17-16-11-12-7-9-14(10-8-12)13-5-3-2-4-6-13/h2-11H,1H3,(H,17,18). The van der Waals surface area contributed by atoms with Gasteiger partial charge in [-0.25, -0.2) is 10.2 Å². The molecule has 0 saturated heterocycles. The summed E-state index contributed by atoms with van der Waals surface area (Å²) >= 11 is 0. The van der Waals surface area contributed by atoms with Gasteiger partial charge in [0, 0.05) is 0 Å². The molecule has 0 heterocycles. The molecular formula is C15H14N2O2. The first kappa shape index (κ1) is 12.8. The minimum absolute atomic E-state index is 0.586. The maximum absolute atomic E-state index is 10.8. The summed E-state index contributed by atoms with van der Waals surface area (Å²) in [5.41, 5.74) is 5.44. The van der Waals surface area contributed by atoms with Gasteiger partial charge in [-0.1, -0.05) is 54.6 Å². The lowest BCUT2D eigenvalue weighted by molar-refractivity contribution is 0.171. The van der Waals surface area contributed by atoms with E-state index in [2.05, 4.69) is 27.4 Å². The number of carbonyl (C=O) groups excluding carboxylic acids is 1. The van der Waals surface area contributed by atoms with Crippen LogP contribution in [0, 0.1) is 0 Å². The fourth-order valence-electron chi connectivity index (χ4n) is 1.60. The molecule has 0 bridgehead atoms. The van der Waals surface area contributed by atoms with E-state index in [1.165, 1.54) is 12.7 Å². The van der Waals surface area contributed by atoms with Gasteiger partial charge in [-0.3, -0.25) is 0 Å². The summed E-state index contributed by atoms with van der Waals surface area (Å²) in [6.07, 6.45) is 0.975. The zero-order valence-electron chi connectivity index (χ0n) is 10.5. The molecular weight excluding hydrogens is 240 g/mol. The minimum atomic E-state index is -0.586. The number of hydrazone groups is 1. The van der Waals surface area contributed by atoms with E-state index < -0.39 is 6.09 Å². The lowest BCUT2D eigenvalue weighted by atomic mass is 10.0. The second-order valence-electron chi connectivity index (χ2n) is 3.85. The third kappa shape index (κ3) is 3.67. The van der Waals surface area contributed by atoms with Gasteiger partial charge in [-0.05, 0) is 16.7 Å². The Bertz CT molecular complexity index is 562. The van der Waals surface area contributed by atoms with Crippen LogP contribution in [-0.4, -0.2) is 19.4 Å². The van der Waals surface area contributed by atoms with E-state index in [0.29, 0.717) is 0 Å². The molecule has 0 spiro atoms. The summed E-state index contributed by atoms with van der Waals surface area (Å²) in [7, 11) is 1.29. The third-order valence-electron chi connectivity index (χ3n) is 2.57. The van der Waals surface area contributed by atoms with Crippen LogP contribution in [0.1, 0.15) is 5.56 Å². The van der Waals surface area contributed by atoms with E-state index in [1.54, 1.807) is 6.21 Å². The molecule has 0 unspecified atom stereocenters. The molecule has 1 N–H and O–H groups in total. The summed E-state index contributed by atoms with van der Waals surface area (Å²) in [5, 5.41) is 3.77. The van der Waals surface area contributed by atoms with Gasteiger partial charge in [0.25, 0.3) is 0 Å². The van der Waals surface area contributed by atoms with Crippen LogP contribution in [0.25, 0.3) is 11.1 Å². The summed E-state index contributed by atoms with van der Waals surface area (Å²) < 4.78 is 4.40. The third-order valence-corrected chi connectivity index (χ3v) is 2.57. The van der Waals surface area contributed by atoms with Gasteiger partial charge in [0.1, 0.15) is 0 Å². The summed E-state index contributed by atoms with van der Waals surface area (Å²) in [4.78, 5) is 10.8. The average Bonchev–Trinajstić information content (AvgIpc) is 2.48. The molecule has 4 nitrogen and oxygen atoms in total. The van der Waals surface area contributed by atoms with E-state index >= 15 is 0 Å². The molecule has 0 aromatic heterocycles. The number of hydrogen-bond donors (Lipinski definition) is 1. The lowest BCUT2D eigenvalue weighted by Crippen LogP contribution is -2.16. The van der Waals surface area contributed by atoms with E-state index in [-0.39, 0.29) is 0 Å². The van der Waals surface area contributed by atoms with Gasteiger partial charge in [-0.2, -0.15) is 5.10 Å². The Kier molecular flexibility index (Phi) is 4.29. The largest absolute Gasteiger partial charge is 0.452 e. The van der Waals surface area contributed by atoms with E-state index in [9.17, 15) is 4.79 Å². The molecule has 0 aliphatic rings. The number of hydrogen-bond acceptors (Lipinski definition) is 3. The second kappa shape index (κ2) is 6.35. The van der Waals surface area contributed by atoms with E-state index in [0.717, 1.165) is 11.1 Å². The zero-order valence-corrected chi connectivity index (χ0v) is 10.5. The van der Waals surface area contributed by atoms with Crippen molar-refractivity contribution in [1.29, 1.82) is 0 Å². The molecule has 0 radical (unpaired) electrons. The van der Waals surface area contributed by atoms with Crippen LogP contribution in [0.2, 0.25) is 0 Å². The summed E-state index contributed by atoms with van der Waals surface area (Å²) in [6.45, 7) is 0. The minimum Gasteiger partial charge on any atom is -0.452 e. The van der Waals surface area contributed by atoms with Crippen molar-refractivity contribution >= 4 is 12.3 Å². The number of amides is 1. The quantitative estimate of drug-likeness (QED) is 0.676. The maximum Gasteiger partial charge on any atom is 0.427 e. The lowest BCUT2D eigenvalue weighted by Gasteiger charge is -2.01. The molecule has 0 aliphatic carbocycles. The Balaban J connectivity index is 2.05. The monoisotopic (exact) mass is 254 g/mol.